The van der Waals surface area contributed by atoms with Gasteiger partial charge in [0.2, 0.25) is 0 Å². The first kappa shape index (κ1) is 21.1. The Kier molecular flexibility index (Phi) is 6.44. The number of hydrogen-bond donors (Lipinski definition) is 1. The summed E-state index contributed by atoms with van der Waals surface area (Å²) in [7, 11) is 1.90. The number of ether oxygens (including phenoxy) is 2. The van der Waals surface area contributed by atoms with E-state index in [-0.39, 0.29) is 6.04 Å². The second kappa shape index (κ2) is 9.78. The Labute approximate surface area is 187 Å². The maximum absolute atomic E-state index is 5.51. The Morgan fingerprint density at radius 2 is 1.69 bits per heavy atom. The molecule has 172 valence electrons. The third-order valence-electron chi connectivity index (χ3n) is 6.38. The zero-order chi connectivity index (χ0) is 21.8. The van der Waals surface area contributed by atoms with E-state index in [9.17, 15) is 0 Å². The third kappa shape index (κ3) is 4.99. The van der Waals surface area contributed by atoms with E-state index in [0.29, 0.717) is 11.8 Å². The normalized spacial score (nSPS) is 19.3. The Bertz CT molecular complexity index is 985. The Hall–Kier alpha value is -2.79. The van der Waals surface area contributed by atoms with Crippen molar-refractivity contribution in [2.45, 2.75) is 44.8 Å². The van der Waals surface area contributed by atoms with Gasteiger partial charge < -0.3 is 14.8 Å². The highest BCUT2D eigenvalue weighted by Crippen LogP contribution is 2.27. The fourth-order valence-corrected chi connectivity index (χ4v) is 4.50. The highest BCUT2D eigenvalue weighted by molar-refractivity contribution is 5.43. The molecule has 5 heterocycles. The SMILES string of the molecule is Cn1cc(NC(c2cnn(CC3CCOCC3)c2)c2nnnn2CC2CCOCC2)cn1. The molecule has 11 heteroatoms. The second-order valence-corrected chi connectivity index (χ2v) is 8.81. The highest BCUT2D eigenvalue weighted by atomic mass is 16.5. The fourth-order valence-electron chi connectivity index (χ4n) is 4.50. The summed E-state index contributed by atoms with van der Waals surface area (Å²) in [4.78, 5) is 0. The Balaban J connectivity index is 1.38. The van der Waals surface area contributed by atoms with Crippen molar-refractivity contribution >= 4 is 5.69 Å². The summed E-state index contributed by atoms with van der Waals surface area (Å²) >= 11 is 0. The Morgan fingerprint density at radius 3 is 2.38 bits per heavy atom. The van der Waals surface area contributed by atoms with Crippen LogP contribution >= 0.6 is 0 Å². The summed E-state index contributed by atoms with van der Waals surface area (Å²) in [6.07, 6.45) is 12.0. The summed E-state index contributed by atoms with van der Waals surface area (Å²) < 4.78 is 16.7. The van der Waals surface area contributed by atoms with Crippen LogP contribution in [0.3, 0.4) is 0 Å². The molecule has 0 aliphatic carbocycles. The van der Waals surface area contributed by atoms with Gasteiger partial charge in [0.1, 0.15) is 6.04 Å². The number of aromatic nitrogens is 8. The molecule has 1 unspecified atom stereocenters. The minimum absolute atomic E-state index is 0.225. The molecule has 2 aliphatic heterocycles. The van der Waals surface area contributed by atoms with Gasteiger partial charge in [-0.05, 0) is 47.9 Å². The van der Waals surface area contributed by atoms with Crippen molar-refractivity contribution < 1.29 is 9.47 Å². The summed E-state index contributed by atoms with van der Waals surface area (Å²) in [5.41, 5.74) is 1.94. The Morgan fingerprint density at radius 1 is 0.969 bits per heavy atom. The third-order valence-corrected chi connectivity index (χ3v) is 6.38. The van der Waals surface area contributed by atoms with Gasteiger partial charge >= 0.3 is 0 Å². The summed E-state index contributed by atoms with van der Waals surface area (Å²) in [5.74, 6) is 1.90. The minimum atomic E-state index is -0.225. The van der Waals surface area contributed by atoms with Crippen LogP contribution in [0, 0.1) is 11.8 Å². The van der Waals surface area contributed by atoms with Crippen LogP contribution in [0.5, 0.6) is 0 Å². The molecule has 0 radical (unpaired) electrons. The molecule has 0 aromatic carbocycles. The lowest BCUT2D eigenvalue weighted by atomic mass is 10.0. The molecule has 11 nitrogen and oxygen atoms in total. The van der Waals surface area contributed by atoms with Gasteiger partial charge in [0.25, 0.3) is 0 Å². The van der Waals surface area contributed by atoms with Crippen molar-refractivity contribution in [1.82, 2.24) is 39.8 Å². The molecule has 2 aliphatic rings. The van der Waals surface area contributed by atoms with Crippen LogP contribution in [0.1, 0.15) is 43.1 Å². The quantitative estimate of drug-likeness (QED) is 0.562. The van der Waals surface area contributed by atoms with Crippen LogP contribution in [0.15, 0.2) is 24.8 Å². The first-order valence-corrected chi connectivity index (χ1v) is 11.4. The average molecular weight is 442 g/mol. The van der Waals surface area contributed by atoms with Crippen LogP contribution in [-0.2, 0) is 29.6 Å². The first-order chi connectivity index (χ1) is 15.7. The number of nitrogens with one attached hydrogen (secondary N) is 1. The molecular formula is C21H31N9O2. The van der Waals surface area contributed by atoms with Gasteiger partial charge in [0.05, 0.1) is 18.1 Å². The van der Waals surface area contributed by atoms with Crippen LogP contribution in [-0.4, -0.2) is 66.2 Å². The lowest BCUT2D eigenvalue weighted by molar-refractivity contribution is 0.0596. The van der Waals surface area contributed by atoms with Gasteiger partial charge in [-0.25, -0.2) is 4.68 Å². The lowest BCUT2D eigenvalue weighted by Gasteiger charge is -2.23. The standard InChI is InChI=1S/C21H31N9O2/c1-28-15-19(11-22-28)24-20(18-10-23-29(14-18)12-16-2-6-31-7-3-16)21-25-26-27-30(21)13-17-4-8-32-9-5-17/h10-11,14-17,20,24H,2-9,12-13H2,1H3. The maximum Gasteiger partial charge on any atom is 0.178 e. The van der Waals surface area contributed by atoms with E-state index >= 15 is 0 Å². The summed E-state index contributed by atoms with van der Waals surface area (Å²) in [6.45, 7) is 4.97. The largest absolute Gasteiger partial charge is 0.381 e. The molecule has 0 saturated carbocycles. The zero-order valence-electron chi connectivity index (χ0n) is 18.5. The topological polar surface area (TPSA) is 110 Å². The summed E-state index contributed by atoms with van der Waals surface area (Å²) in [6, 6.07) is -0.225. The molecule has 1 N–H and O–H groups in total. The van der Waals surface area contributed by atoms with Crippen LogP contribution in [0.2, 0.25) is 0 Å². The molecule has 0 spiro atoms. The van der Waals surface area contributed by atoms with Crippen molar-refractivity contribution in [2.24, 2.45) is 18.9 Å². The lowest BCUT2D eigenvalue weighted by Crippen LogP contribution is -2.24. The number of aryl methyl sites for hydroxylation is 1. The number of rotatable bonds is 8. The monoisotopic (exact) mass is 441 g/mol. The van der Waals surface area contributed by atoms with Gasteiger partial charge in [0.15, 0.2) is 5.82 Å². The van der Waals surface area contributed by atoms with Gasteiger partial charge in [0, 0.05) is 64.5 Å². The number of tetrazole rings is 1. The van der Waals surface area contributed by atoms with Crippen molar-refractivity contribution in [1.29, 1.82) is 0 Å². The molecular weight excluding hydrogens is 410 g/mol. The van der Waals surface area contributed by atoms with Crippen LogP contribution in [0.4, 0.5) is 5.69 Å². The highest BCUT2D eigenvalue weighted by Gasteiger charge is 2.26. The smallest absolute Gasteiger partial charge is 0.178 e. The predicted octanol–water partition coefficient (Wildman–Crippen LogP) is 1.66. The number of anilines is 1. The average Bonchev–Trinajstić information content (AvgIpc) is 3.56. The van der Waals surface area contributed by atoms with Crippen molar-refractivity contribution in [3.8, 4) is 0 Å². The molecule has 0 bridgehead atoms. The zero-order valence-corrected chi connectivity index (χ0v) is 18.5. The molecule has 3 aromatic rings. The fraction of sp³-hybridized carbons (Fsp3) is 0.667. The number of nitrogens with zero attached hydrogens (tertiary/aromatic N) is 8. The van der Waals surface area contributed by atoms with Crippen LogP contribution in [0.25, 0.3) is 0 Å². The minimum Gasteiger partial charge on any atom is -0.381 e. The van der Waals surface area contributed by atoms with E-state index in [2.05, 4.69) is 37.2 Å². The van der Waals surface area contributed by atoms with Gasteiger partial charge in [-0.15, -0.1) is 5.10 Å². The molecule has 2 fully saturated rings. The molecule has 32 heavy (non-hydrogen) atoms. The van der Waals surface area contributed by atoms with Crippen LogP contribution < -0.4 is 5.32 Å². The van der Waals surface area contributed by atoms with Gasteiger partial charge in [-0.2, -0.15) is 10.2 Å². The first-order valence-electron chi connectivity index (χ1n) is 11.4. The van der Waals surface area contributed by atoms with Crippen molar-refractivity contribution in [2.75, 3.05) is 31.7 Å². The molecule has 5 rings (SSSR count). The van der Waals surface area contributed by atoms with E-state index in [1.165, 1.54) is 0 Å². The molecule has 1 atom stereocenters. The van der Waals surface area contributed by atoms with E-state index in [0.717, 1.165) is 82.3 Å². The predicted molar refractivity (Wildman–Crippen MR) is 116 cm³/mol. The van der Waals surface area contributed by atoms with Crippen molar-refractivity contribution in [3.63, 3.8) is 0 Å². The molecule has 0 amide bonds. The molecule has 2 saturated heterocycles. The molecule has 3 aromatic heterocycles. The second-order valence-electron chi connectivity index (χ2n) is 8.81. The van der Waals surface area contributed by atoms with E-state index in [1.807, 2.05) is 35.0 Å². The van der Waals surface area contributed by atoms with Gasteiger partial charge in [-0.3, -0.25) is 9.36 Å². The number of hydrogen-bond acceptors (Lipinski definition) is 8. The van der Waals surface area contributed by atoms with Crippen molar-refractivity contribution in [3.05, 3.63) is 36.2 Å². The summed E-state index contributed by atoms with van der Waals surface area (Å²) in [5, 5.41) is 25.3. The maximum atomic E-state index is 5.51. The van der Waals surface area contributed by atoms with Gasteiger partial charge in [-0.1, -0.05) is 0 Å². The van der Waals surface area contributed by atoms with E-state index < -0.39 is 0 Å². The van der Waals surface area contributed by atoms with E-state index in [1.54, 1.807) is 4.68 Å². The van der Waals surface area contributed by atoms with E-state index in [4.69, 9.17) is 9.47 Å².